The minimum Gasteiger partial charge on any atom is -0.497 e. The number of fused-ring (bicyclic) bond motifs is 1. The van der Waals surface area contributed by atoms with Gasteiger partial charge in [-0.05, 0) is 35.7 Å². The van der Waals surface area contributed by atoms with E-state index in [1.165, 1.54) is 18.2 Å². The maximum Gasteiger partial charge on any atom is 0.269 e. The van der Waals surface area contributed by atoms with Crippen LogP contribution in [0.2, 0.25) is 0 Å². The summed E-state index contributed by atoms with van der Waals surface area (Å²) in [5, 5.41) is 14.7. The third-order valence-electron chi connectivity index (χ3n) is 5.03. The normalized spacial score (nSPS) is 20.8. The number of sulfone groups is 1. The molecule has 2 aromatic rings. The lowest BCUT2D eigenvalue weighted by atomic mass is 9.96. The predicted molar refractivity (Wildman–Crippen MR) is 106 cm³/mol. The lowest BCUT2D eigenvalue weighted by molar-refractivity contribution is -0.385. The van der Waals surface area contributed by atoms with E-state index in [0.717, 1.165) is 24.8 Å². The lowest BCUT2D eigenvalue weighted by Crippen LogP contribution is -2.35. The van der Waals surface area contributed by atoms with E-state index in [1.54, 1.807) is 19.2 Å². The van der Waals surface area contributed by atoms with Crippen LogP contribution in [-0.2, 0) is 9.84 Å². The highest BCUT2D eigenvalue weighted by molar-refractivity contribution is 7.91. The van der Waals surface area contributed by atoms with Crippen LogP contribution in [0, 0.1) is 10.1 Å². The Hall–Kier alpha value is -2.45. The van der Waals surface area contributed by atoms with Gasteiger partial charge in [-0.2, -0.15) is 0 Å². The molecule has 0 aliphatic carbocycles. The van der Waals surface area contributed by atoms with Gasteiger partial charge in [0.15, 0.2) is 9.84 Å². The highest BCUT2D eigenvalue weighted by Crippen LogP contribution is 2.35. The average Bonchev–Trinajstić information content (AvgIpc) is 2.80. The van der Waals surface area contributed by atoms with E-state index in [1.807, 2.05) is 12.1 Å². The van der Waals surface area contributed by atoms with E-state index in [9.17, 15) is 18.5 Å². The zero-order valence-electron chi connectivity index (χ0n) is 15.9. The van der Waals surface area contributed by atoms with Crippen molar-refractivity contribution in [2.45, 2.75) is 43.2 Å². The monoisotopic (exact) mass is 404 g/mol. The molecule has 2 atom stereocenters. The Balaban J connectivity index is 2.14. The number of benzene rings is 2. The minimum atomic E-state index is -3.56. The lowest BCUT2D eigenvalue weighted by Gasteiger charge is -2.23. The number of ether oxygens (including phenoxy) is 1. The molecular weight excluding hydrogens is 380 g/mol. The Morgan fingerprint density at radius 3 is 2.54 bits per heavy atom. The Kier molecular flexibility index (Phi) is 6.00. The van der Waals surface area contributed by atoms with E-state index in [2.05, 4.69) is 12.2 Å². The molecular formula is C20H24N2O5S. The molecule has 0 aromatic heterocycles. The molecule has 1 N–H and O–H groups in total. The molecule has 2 unspecified atom stereocenters. The first-order valence-corrected chi connectivity index (χ1v) is 10.9. The number of rotatable bonds is 6. The first kappa shape index (κ1) is 20.3. The van der Waals surface area contributed by atoms with Crippen LogP contribution in [0.25, 0.3) is 0 Å². The molecule has 2 aromatic carbocycles. The number of methoxy groups -OCH3 is 1. The van der Waals surface area contributed by atoms with E-state index < -0.39 is 20.8 Å². The average molecular weight is 404 g/mol. The fourth-order valence-electron chi connectivity index (χ4n) is 3.58. The first-order chi connectivity index (χ1) is 13.4. The maximum absolute atomic E-state index is 13.0. The fraction of sp³-hybridized carbons (Fsp3) is 0.400. The van der Waals surface area contributed by atoms with Gasteiger partial charge in [-0.3, -0.25) is 10.1 Å². The van der Waals surface area contributed by atoms with Gasteiger partial charge in [0, 0.05) is 18.2 Å². The van der Waals surface area contributed by atoms with E-state index in [-0.39, 0.29) is 22.4 Å². The number of nitro benzene ring substituents is 1. The molecule has 0 fully saturated rings. The van der Waals surface area contributed by atoms with Crippen LogP contribution in [0.15, 0.2) is 47.4 Å². The van der Waals surface area contributed by atoms with Gasteiger partial charge in [-0.1, -0.05) is 31.9 Å². The topological polar surface area (TPSA) is 98.5 Å². The number of hydrogen-bond donors (Lipinski definition) is 1. The summed E-state index contributed by atoms with van der Waals surface area (Å²) in [5.41, 5.74) is 1.13. The largest absolute Gasteiger partial charge is 0.497 e. The second-order valence-electron chi connectivity index (χ2n) is 6.97. The van der Waals surface area contributed by atoms with Crippen molar-refractivity contribution >= 4 is 15.5 Å². The molecule has 0 radical (unpaired) electrons. The quantitative estimate of drug-likeness (QED) is 0.583. The summed E-state index contributed by atoms with van der Waals surface area (Å²) in [4.78, 5) is 10.9. The van der Waals surface area contributed by atoms with E-state index in [0.29, 0.717) is 11.3 Å². The summed E-state index contributed by atoms with van der Waals surface area (Å²) in [6.07, 6.45) is 2.58. The van der Waals surface area contributed by atoms with Gasteiger partial charge in [0.1, 0.15) is 5.75 Å². The number of hydrogen-bond acceptors (Lipinski definition) is 6. The van der Waals surface area contributed by atoms with Crippen LogP contribution in [0.4, 0.5) is 5.69 Å². The van der Waals surface area contributed by atoms with Crippen molar-refractivity contribution < 1.29 is 18.1 Å². The van der Waals surface area contributed by atoms with Crippen LogP contribution in [0.5, 0.6) is 5.75 Å². The maximum atomic E-state index is 13.0. The Morgan fingerprint density at radius 1 is 1.21 bits per heavy atom. The molecule has 7 nitrogen and oxygen atoms in total. The molecule has 150 valence electrons. The summed E-state index contributed by atoms with van der Waals surface area (Å²) in [7, 11) is -1.99. The summed E-state index contributed by atoms with van der Waals surface area (Å²) < 4.78 is 31.2. The van der Waals surface area contributed by atoms with Gasteiger partial charge in [-0.15, -0.1) is 0 Å². The Morgan fingerprint density at radius 2 is 1.93 bits per heavy atom. The highest BCUT2D eigenvalue weighted by Gasteiger charge is 2.34. The molecule has 8 heteroatoms. The van der Waals surface area contributed by atoms with Crippen LogP contribution >= 0.6 is 0 Å². The second kappa shape index (κ2) is 8.28. The van der Waals surface area contributed by atoms with Crippen LogP contribution < -0.4 is 10.1 Å². The van der Waals surface area contributed by atoms with Crippen molar-refractivity contribution in [2.75, 3.05) is 12.9 Å². The molecule has 28 heavy (non-hydrogen) atoms. The molecule has 0 saturated heterocycles. The van der Waals surface area contributed by atoms with Gasteiger partial charge in [0.2, 0.25) is 0 Å². The SMILES string of the molecule is CCCCC1CS(=O)(=O)c2ccc([N+](=O)[O-])cc2C(c2ccc(OC)cc2)N1. The van der Waals surface area contributed by atoms with Crippen LogP contribution in [0.3, 0.4) is 0 Å². The number of nitrogens with one attached hydrogen (secondary N) is 1. The number of nitrogens with zero attached hydrogens (tertiary/aromatic N) is 1. The van der Waals surface area contributed by atoms with Crippen molar-refractivity contribution in [1.29, 1.82) is 0 Å². The van der Waals surface area contributed by atoms with E-state index in [4.69, 9.17) is 4.74 Å². The third-order valence-corrected chi connectivity index (χ3v) is 6.91. The molecule has 0 saturated carbocycles. The number of unbranched alkanes of at least 4 members (excludes halogenated alkanes) is 1. The summed E-state index contributed by atoms with van der Waals surface area (Å²) in [5.74, 6) is 0.663. The van der Waals surface area contributed by atoms with Crippen molar-refractivity contribution in [3.8, 4) is 5.75 Å². The Bertz CT molecular complexity index is 957. The number of non-ortho nitro benzene ring substituents is 1. The zero-order valence-corrected chi connectivity index (χ0v) is 16.7. The standard InChI is InChI=1S/C20H24N2O5S/c1-3-4-5-15-13-28(25,26)19-11-8-16(22(23)24)12-18(19)20(21-15)14-6-9-17(27-2)10-7-14/h6-12,15,20-21H,3-5,13H2,1-2H3. The zero-order chi connectivity index (χ0) is 20.3. The molecule has 0 spiro atoms. The minimum absolute atomic E-state index is 0.0233. The van der Waals surface area contributed by atoms with Gasteiger partial charge in [0.25, 0.3) is 5.69 Å². The first-order valence-electron chi connectivity index (χ1n) is 9.26. The fourth-order valence-corrected chi connectivity index (χ4v) is 5.36. The highest BCUT2D eigenvalue weighted by atomic mass is 32.2. The second-order valence-corrected chi connectivity index (χ2v) is 8.98. The summed E-state index contributed by atoms with van der Waals surface area (Å²) in [6, 6.07) is 10.6. The summed E-state index contributed by atoms with van der Waals surface area (Å²) in [6.45, 7) is 2.06. The molecule has 0 amide bonds. The van der Waals surface area contributed by atoms with Crippen molar-refractivity contribution in [3.05, 3.63) is 63.7 Å². The molecule has 1 aliphatic heterocycles. The van der Waals surface area contributed by atoms with Crippen molar-refractivity contribution in [3.63, 3.8) is 0 Å². The number of nitro groups is 1. The predicted octanol–water partition coefficient (Wildman–Crippen LogP) is 3.63. The van der Waals surface area contributed by atoms with Crippen molar-refractivity contribution in [1.82, 2.24) is 5.32 Å². The molecule has 0 bridgehead atoms. The molecule has 1 heterocycles. The van der Waals surface area contributed by atoms with Gasteiger partial charge >= 0.3 is 0 Å². The van der Waals surface area contributed by atoms with Gasteiger partial charge in [0.05, 0.1) is 28.7 Å². The van der Waals surface area contributed by atoms with Crippen molar-refractivity contribution in [2.24, 2.45) is 0 Å². The van der Waals surface area contributed by atoms with Crippen LogP contribution in [-0.4, -0.2) is 32.2 Å². The third kappa shape index (κ3) is 4.18. The molecule has 1 aliphatic rings. The van der Waals surface area contributed by atoms with Gasteiger partial charge < -0.3 is 10.1 Å². The Labute approximate surface area is 164 Å². The smallest absolute Gasteiger partial charge is 0.269 e. The summed E-state index contributed by atoms with van der Waals surface area (Å²) >= 11 is 0. The van der Waals surface area contributed by atoms with Gasteiger partial charge in [-0.25, -0.2) is 8.42 Å². The van der Waals surface area contributed by atoms with Crippen LogP contribution in [0.1, 0.15) is 43.4 Å². The van der Waals surface area contributed by atoms with E-state index >= 15 is 0 Å². The molecule has 3 rings (SSSR count).